The topological polar surface area (TPSA) is 109 Å². The normalized spacial score (nSPS) is 22.9. The first-order valence-corrected chi connectivity index (χ1v) is 10.8. The molecular weight excluding hydrogens is 433 g/mol. The lowest BCUT2D eigenvalue weighted by Gasteiger charge is -2.31. The molecule has 1 aromatic carbocycles. The van der Waals surface area contributed by atoms with Crippen molar-refractivity contribution >= 4 is 30.0 Å². The van der Waals surface area contributed by atoms with Crippen molar-refractivity contribution in [2.75, 3.05) is 12.3 Å². The van der Waals surface area contributed by atoms with Gasteiger partial charge in [-0.2, -0.15) is 0 Å². The highest BCUT2D eigenvalue weighted by atomic mass is 35.5. The Hall–Kier alpha value is -2.71. The third-order valence-electron chi connectivity index (χ3n) is 6.21. The van der Waals surface area contributed by atoms with E-state index in [2.05, 4.69) is 20.9 Å². The van der Waals surface area contributed by atoms with Gasteiger partial charge in [-0.05, 0) is 68.3 Å². The quantitative estimate of drug-likeness (QED) is 0.546. The largest absolute Gasteiger partial charge is 0.384 e. The van der Waals surface area contributed by atoms with Gasteiger partial charge in [0.15, 0.2) is 0 Å². The molecule has 1 saturated heterocycles. The van der Waals surface area contributed by atoms with Crippen molar-refractivity contribution in [3.05, 3.63) is 59.0 Å². The maximum absolute atomic E-state index is 14.2. The van der Waals surface area contributed by atoms with E-state index in [-0.39, 0.29) is 42.0 Å². The molecule has 32 heavy (non-hydrogen) atoms. The Bertz CT molecular complexity index is 989. The third kappa shape index (κ3) is 5.19. The molecule has 2 heterocycles. The molecule has 7 nitrogen and oxygen atoms in total. The van der Waals surface area contributed by atoms with Gasteiger partial charge in [-0.15, -0.1) is 12.4 Å². The zero-order valence-electron chi connectivity index (χ0n) is 17.9. The lowest BCUT2D eigenvalue weighted by Crippen LogP contribution is -2.53. The summed E-state index contributed by atoms with van der Waals surface area (Å²) in [5, 5.41) is 8.99. The van der Waals surface area contributed by atoms with Crippen LogP contribution in [0.1, 0.15) is 55.0 Å². The number of aryl methyl sites for hydroxylation is 1. The smallest absolute Gasteiger partial charge is 0.242 e. The van der Waals surface area contributed by atoms with E-state index in [1.165, 1.54) is 6.07 Å². The number of fused-ring (bicyclic) bond motifs is 1. The molecule has 5 N–H and O–H groups in total. The number of hydrogen-bond donors (Lipinski definition) is 4. The zero-order valence-corrected chi connectivity index (χ0v) is 18.8. The number of piperidine rings is 1. The summed E-state index contributed by atoms with van der Waals surface area (Å²) in [5.74, 6) is -0.291. The Morgan fingerprint density at radius 2 is 1.97 bits per heavy atom. The average Bonchev–Trinajstić information content (AvgIpc) is 3.15. The number of nitrogen functional groups attached to an aromatic ring is 1. The van der Waals surface area contributed by atoms with Gasteiger partial charge in [0.2, 0.25) is 11.8 Å². The second kappa shape index (κ2) is 10.3. The summed E-state index contributed by atoms with van der Waals surface area (Å²) in [4.78, 5) is 29.8. The Morgan fingerprint density at radius 1 is 1.19 bits per heavy atom. The molecule has 2 aliphatic rings. The van der Waals surface area contributed by atoms with Crippen LogP contribution < -0.4 is 21.7 Å². The number of amides is 2. The Kier molecular flexibility index (Phi) is 7.69. The van der Waals surface area contributed by atoms with Crippen molar-refractivity contribution in [3.63, 3.8) is 0 Å². The van der Waals surface area contributed by atoms with E-state index in [4.69, 9.17) is 5.73 Å². The maximum Gasteiger partial charge on any atom is 0.242 e. The first-order chi connectivity index (χ1) is 14.9. The van der Waals surface area contributed by atoms with Crippen LogP contribution in [0.2, 0.25) is 0 Å². The first-order valence-electron chi connectivity index (χ1n) is 10.8. The number of nitrogens with zero attached hydrogens (tertiary/aromatic N) is 1. The van der Waals surface area contributed by atoms with Crippen LogP contribution in [0.3, 0.4) is 0 Å². The number of halogens is 2. The number of rotatable bonds is 5. The van der Waals surface area contributed by atoms with Crippen LogP contribution in [-0.2, 0) is 16.0 Å². The first kappa shape index (κ1) is 23.9. The standard InChI is InChI=1S/C23H28FN5O2.ClH/c1-13(22(30)29-19-8-7-18-16(19)6-9-21(25)28-18)27-23(31)20-12-14(10-11-26-20)15-4-2-3-5-17(15)24;/h2-6,9,13-14,19-20,26H,7-8,10-12H2,1H3,(H2,25,28)(H,27,31)(H,29,30);1H/t13-,14-,19?,20+;/m0./s1. The van der Waals surface area contributed by atoms with Crippen LogP contribution in [0.5, 0.6) is 0 Å². The number of hydrogen-bond acceptors (Lipinski definition) is 5. The minimum absolute atomic E-state index is 0. The van der Waals surface area contributed by atoms with E-state index in [1.54, 1.807) is 25.1 Å². The summed E-state index contributed by atoms with van der Waals surface area (Å²) in [5.41, 5.74) is 8.26. The van der Waals surface area contributed by atoms with Gasteiger partial charge < -0.3 is 21.7 Å². The van der Waals surface area contributed by atoms with Crippen molar-refractivity contribution in [1.29, 1.82) is 0 Å². The molecular formula is C23H29ClFN5O2. The number of aromatic nitrogens is 1. The molecule has 172 valence electrons. The second-order valence-corrected chi connectivity index (χ2v) is 8.35. The summed E-state index contributed by atoms with van der Waals surface area (Å²) in [6.45, 7) is 2.29. The van der Waals surface area contributed by atoms with Gasteiger partial charge in [0.25, 0.3) is 0 Å². The molecule has 0 spiro atoms. The summed E-state index contributed by atoms with van der Waals surface area (Å²) in [6.07, 6.45) is 2.77. The minimum Gasteiger partial charge on any atom is -0.384 e. The van der Waals surface area contributed by atoms with Crippen LogP contribution >= 0.6 is 12.4 Å². The highest BCUT2D eigenvalue weighted by Gasteiger charge is 2.31. The molecule has 1 unspecified atom stereocenters. The predicted molar refractivity (Wildman–Crippen MR) is 123 cm³/mol. The highest BCUT2D eigenvalue weighted by Crippen LogP contribution is 2.31. The van der Waals surface area contributed by atoms with Crippen LogP contribution in [0.4, 0.5) is 10.2 Å². The number of carbonyl (C=O) groups is 2. The maximum atomic E-state index is 14.2. The van der Waals surface area contributed by atoms with E-state index >= 15 is 0 Å². The predicted octanol–water partition coefficient (Wildman–Crippen LogP) is 2.37. The third-order valence-corrected chi connectivity index (χ3v) is 6.21. The lowest BCUT2D eigenvalue weighted by atomic mass is 9.86. The fourth-order valence-electron chi connectivity index (χ4n) is 4.52. The monoisotopic (exact) mass is 461 g/mol. The summed E-state index contributed by atoms with van der Waals surface area (Å²) in [7, 11) is 0. The van der Waals surface area contributed by atoms with Crippen LogP contribution in [0.15, 0.2) is 36.4 Å². The van der Waals surface area contributed by atoms with Gasteiger partial charge in [-0.3, -0.25) is 9.59 Å². The molecule has 2 amide bonds. The molecule has 0 bridgehead atoms. The van der Waals surface area contributed by atoms with E-state index in [0.717, 1.165) is 30.5 Å². The fourth-order valence-corrected chi connectivity index (χ4v) is 4.52. The number of pyridine rings is 1. The Morgan fingerprint density at radius 3 is 2.75 bits per heavy atom. The minimum atomic E-state index is -0.686. The van der Waals surface area contributed by atoms with E-state index < -0.39 is 12.1 Å². The molecule has 1 aliphatic carbocycles. The Labute approximate surface area is 193 Å². The van der Waals surface area contributed by atoms with Gasteiger partial charge >= 0.3 is 0 Å². The van der Waals surface area contributed by atoms with Crippen molar-refractivity contribution in [1.82, 2.24) is 20.9 Å². The highest BCUT2D eigenvalue weighted by molar-refractivity contribution is 5.89. The Balaban J connectivity index is 0.00000289. The number of carbonyl (C=O) groups excluding carboxylic acids is 2. The van der Waals surface area contributed by atoms with E-state index in [0.29, 0.717) is 24.3 Å². The fraction of sp³-hybridized carbons (Fsp3) is 0.435. The van der Waals surface area contributed by atoms with Gasteiger partial charge in [-0.25, -0.2) is 9.37 Å². The van der Waals surface area contributed by atoms with Crippen LogP contribution in [0.25, 0.3) is 0 Å². The summed E-state index contributed by atoms with van der Waals surface area (Å²) in [6, 6.07) is 9.05. The van der Waals surface area contributed by atoms with Crippen LogP contribution in [-0.4, -0.2) is 35.4 Å². The number of benzene rings is 1. The summed E-state index contributed by atoms with van der Waals surface area (Å²) >= 11 is 0. The lowest BCUT2D eigenvalue weighted by molar-refractivity contribution is -0.130. The van der Waals surface area contributed by atoms with Gasteiger partial charge in [0, 0.05) is 5.69 Å². The number of nitrogens with two attached hydrogens (primary N) is 1. The molecule has 1 fully saturated rings. The molecule has 4 atom stereocenters. The molecule has 2 aromatic rings. The van der Waals surface area contributed by atoms with Gasteiger partial charge in [-0.1, -0.05) is 24.3 Å². The van der Waals surface area contributed by atoms with Crippen molar-refractivity contribution < 1.29 is 14.0 Å². The van der Waals surface area contributed by atoms with E-state index in [9.17, 15) is 14.0 Å². The van der Waals surface area contributed by atoms with Gasteiger partial charge in [0.05, 0.1) is 12.1 Å². The summed E-state index contributed by atoms with van der Waals surface area (Å²) < 4.78 is 14.2. The second-order valence-electron chi connectivity index (χ2n) is 8.35. The SMILES string of the molecule is C[C@H](NC(=O)[C@H]1C[C@@H](c2ccccc2F)CCN1)C(=O)NC1CCc2nc(N)ccc21.Cl. The average molecular weight is 462 g/mol. The molecule has 9 heteroatoms. The van der Waals surface area contributed by atoms with Crippen molar-refractivity contribution in [2.45, 2.75) is 56.7 Å². The van der Waals surface area contributed by atoms with Crippen LogP contribution in [0, 0.1) is 5.82 Å². The number of anilines is 1. The zero-order chi connectivity index (χ0) is 22.0. The van der Waals surface area contributed by atoms with E-state index in [1.807, 2.05) is 12.1 Å². The molecule has 1 aliphatic heterocycles. The van der Waals surface area contributed by atoms with Crippen molar-refractivity contribution in [2.24, 2.45) is 0 Å². The molecule has 1 aromatic heterocycles. The number of nitrogens with one attached hydrogen (secondary N) is 3. The molecule has 0 saturated carbocycles. The molecule has 4 rings (SSSR count). The molecule has 0 radical (unpaired) electrons. The van der Waals surface area contributed by atoms with Gasteiger partial charge in [0.1, 0.15) is 17.7 Å². The van der Waals surface area contributed by atoms with Crippen molar-refractivity contribution in [3.8, 4) is 0 Å².